The molecule has 2 aromatic carbocycles. The highest BCUT2D eigenvalue weighted by atomic mass is 32.1. The summed E-state index contributed by atoms with van der Waals surface area (Å²) in [5.41, 5.74) is 4.04. The lowest BCUT2D eigenvalue weighted by molar-refractivity contribution is 0.111. The molecular weight excluding hydrogens is 336 g/mol. The Bertz CT molecular complexity index is 1100. The number of fused-ring (bicyclic) bond motifs is 2. The number of nitrogens with zero attached hydrogens (tertiary/aromatic N) is 2. The standard InChI is InChI=1S/C19H12N2O3S/c22-9-14-18(12-4-2-1-3-5-12)20-19-21(14)15(10-25-19)13-6-7-16-17(8-13)24-11-23-16/h1-10H,11H2. The third-order valence-electron chi connectivity index (χ3n) is 4.23. The van der Waals surface area contributed by atoms with Crippen LogP contribution in [0.25, 0.3) is 27.5 Å². The number of aromatic nitrogens is 2. The van der Waals surface area contributed by atoms with E-state index in [2.05, 4.69) is 4.98 Å². The van der Waals surface area contributed by atoms with Gasteiger partial charge in [0.05, 0.1) is 5.69 Å². The van der Waals surface area contributed by atoms with Crippen molar-refractivity contribution in [3.05, 3.63) is 59.6 Å². The molecule has 0 atom stereocenters. The van der Waals surface area contributed by atoms with Crippen LogP contribution < -0.4 is 9.47 Å². The van der Waals surface area contributed by atoms with Crippen molar-refractivity contribution < 1.29 is 14.3 Å². The van der Waals surface area contributed by atoms with E-state index in [0.29, 0.717) is 17.1 Å². The zero-order valence-electron chi connectivity index (χ0n) is 13.0. The molecule has 0 unspecified atom stereocenters. The van der Waals surface area contributed by atoms with E-state index in [1.807, 2.05) is 58.3 Å². The highest BCUT2D eigenvalue weighted by molar-refractivity contribution is 7.15. The van der Waals surface area contributed by atoms with Gasteiger partial charge >= 0.3 is 0 Å². The smallest absolute Gasteiger partial charge is 0.231 e. The Morgan fingerprint density at radius 3 is 2.72 bits per heavy atom. The molecule has 0 saturated carbocycles. The molecule has 0 fully saturated rings. The summed E-state index contributed by atoms with van der Waals surface area (Å²) in [6.07, 6.45) is 0.867. The van der Waals surface area contributed by atoms with Crippen molar-refractivity contribution >= 4 is 22.6 Å². The van der Waals surface area contributed by atoms with Crippen molar-refractivity contribution in [3.8, 4) is 34.0 Å². The minimum Gasteiger partial charge on any atom is -0.454 e. The summed E-state index contributed by atoms with van der Waals surface area (Å²) in [6, 6.07) is 15.5. The first kappa shape index (κ1) is 14.2. The molecule has 6 heteroatoms. The second-order valence-electron chi connectivity index (χ2n) is 5.64. The summed E-state index contributed by atoms with van der Waals surface area (Å²) in [5.74, 6) is 1.45. The van der Waals surface area contributed by atoms with E-state index in [-0.39, 0.29) is 6.79 Å². The molecule has 0 saturated heterocycles. The number of benzene rings is 2. The summed E-state index contributed by atoms with van der Waals surface area (Å²) in [5, 5.41) is 2.00. The highest BCUT2D eigenvalue weighted by Gasteiger charge is 2.20. The number of hydrogen-bond donors (Lipinski definition) is 0. The molecule has 5 rings (SSSR count). The Morgan fingerprint density at radius 1 is 1.04 bits per heavy atom. The number of ether oxygens (including phenoxy) is 2. The van der Waals surface area contributed by atoms with Crippen molar-refractivity contribution in [3.63, 3.8) is 0 Å². The SMILES string of the molecule is O=Cc1c(-c2ccccc2)nc2scc(-c3ccc4c(c3)OCO4)n12. The minimum atomic E-state index is 0.237. The summed E-state index contributed by atoms with van der Waals surface area (Å²) in [7, 11) is 0. The third kappa shape index (κ3) is 2.15. The molecule has 4 aromatic rings. The number of hydrogen-bond acceptors (Lipinski definition) is 5. The first-order valence-corrected chi connectivity index (χ1v) is 8.63. The van der Waals surface area contributed by atoms with Crippen LogP contribution in [0.3, 0.4) is 0 Å². The van der Waals surface area contributed by atoms with Crippen molar-refractivity contribution in [2.75, 3.05) is 6.79 Å². The lowest BCUT2D eigenvalue weighted by Gasteiger charge is -2.04. The van der Waals surface area contributed by atoms with Gasteiger partial charge in [0.15, 0.2) is 22.7 Å². The lowest BCUT2D eigenvalue weighted by atomic mass is 10.1. The van der Waals surface area contributed by atoms with E-state index in [0.717, 1.165) is 33.8 Å². The number of carbonyl (C=O) groups excluding carboxylic acids is 1. The number of aldehydes is 1. The molecule has 2 aromatic heterocycles. The number of carbonyl (C=O) groups is 1. The normalized spacial score (nSPS) is 12.6. The number of rotatable bonds is 3. The average Bonchev–Trinajstić information content (AvgIpc) is 3.36. The maximum Gasteiger partial charge on any atom is 0.231 e. The Balaban J connectivity index is 1.73. The summed E-state index contributed by atoms with van der Waals surface area (Å²) >= 11 is 1.51. The summed E-state index contributed by atoms with van der Waals surface area (Å²) in [6.45, 7) is 0.237. The van der Waals surface area contributed by atoms with Crippen LogP contribution in [0, 0.1) is 0 Å². The van der Waals surface area contributed by atoms with Crippen LogP contribution in [0.4, 0.5) is 0 Å². The zero-order chi connectivity index (χ0) is 16.8. The van der Waals surface area contributed by atoms with E-state index in [1.165, 1.54) is 11.3 Å². The Kier molecular flexibility index (Phi) is 3.11. The molecule has 122 valence electrons. The predicted octanol–water partition coefficient (Wildman–Crippen LogP) is 4.27. The van der Waals surface area contributed by atoms with E-state index in [1.54, 1.807) is 0 Å². The quantitative estimate of drug-likeness (QED) is 0.519. The van der Waals surface area contributed by atoms with Crippen molar-refractivity contribution in [1.29, 1.82) is 0 Å². The Hall–Kier alpha value is -3.12. The largest absolute Gasteiger partial charge is 0.454 e. The maximum absolute atomic E-state index is 11.8. The molecule has 0 bridgehead atoms. The summed E-state index contributed by atoms with van der Waals surface area (Å²) in [4.78, 5) is 17.3. The zero-order valence-corrected chi connectivity index (χ0v) is 13.8. The van der Waals surface area contributed by atoms with E-state index < -0.39 is 0 Å². The molecule has 0 amide bonds. The maximum atomic E-state index is 11.8. The molecule has 0 radical (unpaired) electrons. The van der Waals surface area contributed by atoms with E-state index >= 15 is 0 Å². The van der Waals surface area contributed by atoms with Gasteiger partial charge in [0.25, 0.3) is 0 Å². The number of thiazole rings is 1. The fourth-order valence-electron chi connectivity index (χ4n) is 3.05. The van der Waals surface area contributed by atoms with Crippen LogP contribution in [0.2, 0.25) is 0 Å². The molecule has 3 heterocycles. The van der Waals surface area contributed by atoms with Crippen LogP contribution in [0.5, 0.6) is 11.5 Å². The van der Waals surface area contributed by atoms with E-state index in [4.69, 9.17) is 9.47 Å². The first-order chi connectivity index (χ1) is 12.3. The van der Waals surface area contributed by atoms with Crippen molar-refractivity contribution in [2.45, 2.75) is 0 Å². The van der Waals surface area contributed by atoms with Gasteiger partial charge in [-0.25, -0.2) is 4.98 Å². The third-order valence-corrected chi connectivity index (χ3v) is 5.05. The minimum absolute atomic E-state index is 0.237. The molecule has 25 heavy (non-hydrogen) atoms. The van der Waals surface area contributed by atoms with Crippen molar-refractivity contribution in [1.82, 2.24) is 9.38 Å². The van der Waals surface area contributed by atoms with Gasteiger partial charge < -0.3 is 9.47 Å². The number of imidazole rings is 1. The van der Waals surface area contributed by atoms with E-state index in [9.17, 15) is 4.79 Å². The van der Waals surface area contributed by atoms with Crippen LogP contribution >= 0.6 is 11.3 Å². The molecular formula is C19H12N2O3S. The van der Waals surface area contributed by atoms with Gasteiger partial charge in [-0.05, 0) is 18.2 Å². The van der Waals surface area contributed by atoms with Crippen molar-refractivity contribution in [2.24, 2.45) is 0 Å². The molecule has 0 N–H and O–H groups in total. The lowest BCUT2D eigenvalue weighted by Crippen LogP contribution is -1.94. The second kappa shape index (κ2) is 5.46. The molecule has 1 aliphatic heterocycles. The predicted molar refractivity (Wildman–Crippen MR) is 95.5 cm³/mol. The van der Waals surface area contributed by atoms with Gasteiger partial charge in [-0.1, -0.05) is 30.3 Å². The van der Waals surface area contributed by atoms with Gasteiger partial charge in [-0.2, -0.15) is 0 Å². The van der Waals surface area contributed by atoms with Crippen LogP contribution in [0.1, 0.15) is 10.5 Å². The van der Waals surface area contributed by atoms with Gasteiger partial charge in [-0.15, -0.1) is 11.3 Å². The Labute approximate surface area is 147 Å². The highest BCUT2D eigenvalue weighted by Crippen LogP contribution is 2.38. The Morgan fingerprint density at radius 2 is 1.88 bits per heavy atom. The van der Waals surface area contributed by atoms with Gasteiger partial charge in [-0.3, -0.25) is 9.20 Å². The van der Waals surface area contributed by atoms with Crippen LogP contribution in [-0.4, -0.2) is 22.5 Å². The van der Waals surface area contributed by atoms with Crippen LogP contribution in [-0.2, 0) is 0 Å². The topological polar surface area (TPSA) is 52.8 Å². The first-order valence-electron chi connectivity index (χ1n) is 7.76. The van der Waals surface area contributed by atoms with Gasteiger partial charge in [0.1, 0.15) is 11.4 Å². The van der Waals surface area contributed by atoms with Crippen LogP contribution in [0.15, 0.2) is 53.9 Å². The second-order valence-corrected chi connectivity index (χ2v) is 6.47. The van der Waals surface area contributed by atoms with Gasteiger partial charge in [0, 0.05) is 16.5 Å². The molecule has 0 aliphatic carbocycles. The average molecular weight is 348 g/mol. The molecule has 0 spiro atoms. The van der Waals surface area contributed by atoms with Gasteiger partial charge in [0.2, 0.25) is 6.79 Å². The fraction of sp³-hybridized carbons (Fsp3) is 0.0526. The summed E-state index contributed by atoms with van der Waals surface area (Å²) < 4.78 is 12.7. The fourth-order valence-corrected chi connectivity index (χ4v) is 3.96. The molecule has 1 aliphatic rings. The molecule has 5 nitrogen and oxygen atoms in total. The monoisotopic (exact) mass is 348 g/mol.